The standard InChI is InChI=1S/C21H28N4O3S/c1-4-22-21(24-15-18-13-16-9-5-7-11-19(16)28-18)23-14-17-10-6-8-12-20(17)29(26,27)25(2)3/h5-12,18H,4,13-15H2,1-3H3,(H2,22,23,24). The van der Waals surface area contributed by atoms with Gasteiger partial charge in [-0.05, 0) is 30.2 Å². The van der Waals surface area contributed by atoms with Gasteiger partial charge < -0.3 is 15.4 Å². The Bertz CT molecular complexity index is 948. The van der Waals surface area contributed by atoms with Gasteiger partial charge in [-0.25, -0.2) is 17.7 Å². The van der Waals surface area contributed by atoms with Gasteiger partial charge in [-0.2, -0.15) is 0 Å². The highest BCUT2D eigenvalue weighted by atomic mass is 32.2. The summed E-state index contributed by atoms with van der Waals surface area (Å²) in [6, 6.07) is 15.0. The monoisotopic (exact) mass is 416 g/mol. The molecule has 0 aliphatic carbocycles. The molecular weight excluding hydrogens is 388 g/mol. The van der Waals surface area contributed by atoms with E-state index in [9.17, 15) is 8.42 Å². The van der Waals surface area contributed by atoms with Gasteiger partial charge in [0, 0.05) is 27.1 Å². The van der Waals surface area contributed by atoms with Crippen LogP contribution in [0.25, 0.3) is 0 Å². The minimum absolute atomic E-state index is 0.0395. The molecule has 0 spiro atoms. The van der Waals surface area contributed by atoms with Crippen LogP contribution in [0.5, 0.6) is 5.75 Å². The fraction of sp³-hybridized carbons (Fsp3) is 0.381. The zero-order valence-electron chi connectivity index (χ0n) is 17.1. The number of nitrogens with zero attached hydrogens (tertiary/aromatic N) is 2. The summed E-state index contributed by atoms with van der Waals surface area (Å²) in [4.78, 5) is 4.86. The van der Waals surface area contributed by atoms with Crippen molar-refractivity contribution in [2.75, 3.05) is 27.2 Å². The SMILES string of the molecule is CCNC(=NCc1ccccc1S(=O)(=O)N(C)C)NCC1Cc2ccccc2O1. The summed E-state index contributed by atoms with van der Waals surface area (Å²) in [5.41, 5.74) is 1.87. The van der Waals surface area contributed by atoms with E-state index in [1.807, 2.05) is 31.2 Å². The second kappa shape index (κ2) is 9.28. The first-order valence-corrected chi connectivity index (χ1v) is 11.1. The van der Waals surface area contributed by atoms with E-state index in [1.165, 1.54) is 24.0 Å². The fourth-order valence-corrected chi connectivity index (χ4v) is 4.27. The van der Waals surface area contributed by atoms with E-state index in [0.29, 0.717) is 24.6 Å². The molecular formula is C21H28N4O3S. The summed E-state index contributed by atoms with van der Waals surface area (Å²) < 4.78 is 32.3. The molecule has 1 heterocycles. The minimum Gasteiger partial charge on any atom is -0.488 e. The number of hydrogen-bond donors (Lipinski definition) is 2. The molecule has 1 aliphatic rings. The highest BCUT2D eigenvalue weighted by molar-refractivity contribution is 7.89. The molecule has 8 heteroatoms. The van der Waals surface area contributed by atoms with Crippen molar-refractivity contribution in [1.29, 1.82) is 0 Å². The lowest BCUT2D eigenvalue weighted by Crippen LogP contribution is -2.42. The fourth-order valence-electron chi connectivity index (χ4n) is 3.17. The van der Waals surface area contributed by atoms with Crippen LogP contribution < -0.4 is 15.4 Å². The summed E-state index contributed by atoms with van der Waals surface area (Å²) >= 11 is 0. The number of hydrogen-bond acceptors (Lipinski definition) is 4. The van der Waals surface area contributed by atoms with Gasteiger partial charge in [0.15, 0.2) is 5.96 Å². The van der Waals surface area contributed by atoms with Crippen LogP contribution in [0.3, 0.4) is 0 Å². The van der Waals surface area contributed by atoms with Gasteiger partial charge in [-0.15, -0.1) is 0 Å². The lowest BCUT2D eigenvalue weighted by molar-refractivity contribution is 0.235. The largest absolute Gasteiger partial charge is 0.488 e. The molecule has 1 unspecified atom stereocenters. The second-order valence-corrected chi connectivity index (χ2v) is 9.14. The molecule has 2 N–H and O–H groups in total. The third-order valence-electron chi connectivity index (χ3n) is 4.69. The van der Waals surface area contributed by atoms with Crippen molar-refractivity contribution in [2.45, 2.75) is 30.9 Å². The lowest BCUT2D eigenvalue weighted by atomic mass is 10.1. The van der Waals surface area contributed by atoms with Crippen molar-refractivity contribution in [1.82, 2.24) is 14.9 Å². The van der Waals surface area contributed by atoms with Crippen LogP contribution in [0, 0.1) is 0 Å². The Hall–Kier alpha value is -2.58. The smallest absolute Gasteiger partial charge is 0.242 e. The number of aliphatic imine (C=N–C) groups is 1. The third-order valence-corrected chi connectivity index (χ3v) is 6.61. The summed E-state index contributed by atoms with van der Waals surface area (Å²) in [5, 5.41) is 6.51. The molecule has 0 saturated heterocycles. The van der Waals surface area contributed by atoms with Gasteiger partial charge in [0.2, 0.25) is 10.0 Å². The van der Waals surface area contributed by atoms with E-state index >= 15 is 0 Å². The third kappa shape index (κ3) is 5.07. The molecule has 156 valence electrons. The Morgan fingerprint density at radius 1 is 1.14 bits per heavy atom. The lowest BCUT2D eigenvalue weighted by Gasteiger charge is -2.16. The van der Waals surface area contributed by atoms with Crippen molar-refractivity contribution in [3.8, 4) is 5.75 Å². The molecule has 2 aromatic carbocycles. The summed E-state index contributed by atoms with van der Waals surface area (Å²) in [7, 11) is -0.464. The number of sulfonamides is 1. The van der Waals surface area contributed by atoms with Crippen molar-refractivity contribution < 1.29 is 13.2 Å². The minimum atomic E-state index is -3.52. The first-order valence-electron chi connectivity index (χ1n) is 9.69. The molecule has 2 aromatic rings. The highest BCUT2D eigenvalue weighted by Crippen LogP contribution is 2.27. The van der Waals surface area contributed by atoms with Crippen LogP contribution in [-0.2, 0) is 23.0 Å². The summed E-state index contributed by atoms with van der Waals surface area (Å²) in [5.74, 6) is 1.56. The Morgan fingerprint density at radius 3 is 2.59 bits per heavy atom. The average molecular weight is 417 g/mol. The first-order chi connectivity index (χ1) is 13.9. The number of benzene rings is 2. The van der Waals surface area contributed by atoms with Crippen LogP contribution in [0.1, 0.15) is 18.1 Å². The normalized spacial score (nSPS) is 16.4. The molecule has 0 amide bonds. The first kappa shape index (κ1) is 21.1. The number of guanidine groups is 1. The number of para-hydroxylation sites is 1. The maximum Gasteiger partial charge on any atom is 0.242 e. The van der Waals surface area contributed by atoms with E-state index in [4.69, 9.17) is 4.74 Å². The van der Waals surface area contributed by atoms with E-state index in [-0.39, 0.29) is 17.5 Å². The van der Waals surface area contributed by atoms with E-state index in [1.54, 1.807) is 18.2 Å². The quantitative estimate of drug-likeness (QED) is 0.533. The van der Waals surface area contributed by atoms with Crippen molar-refractivity contribution in [3.05, 3.63) is 59.7 Å². The van der Waals surface area contributed by atoms with Crippen LogP contribution >= 0.6 is 0 Å². The molecule has 1 aliphatic heterocycles. The van der Waals surface area contributed by atoms with Gasteiger partial charge in [-0.3, -0.25) is 0 Å². The van der Waals surface area contributed by atoms with Crippen LogP contribution in [0.4, 0.5) is 0 Å². The topological polar surface area (TPSA) is 83.0 Å². The molecule has 3 rings (SSSR count). The Morgan fingerprint density at radius 2 is 1.86 bits per heavy atom. The molecule has 0 fully saturated rings. The van der Waals surface area contributed by atoms with E-state index in [0.717, 1.165) is 12.2 Å². The zero-order valence-corrected chi connectivity index (χ0v) is 17.9. The maximum atomic E-state index is 12.6. The molecule has 7 nitrogen and oxygen atoms in total. The number of rotatable bonds is 7. The summed E-state index contributed by atoms with van der Waals surface area (Å²) in [6.45, 7) is 3.56. The Balaban J connectivity index is 1.68. The van der Waals surface area contributed by atoms with Gasteiger partial charge >= 0.3 is 0 Å². The Labute approximate surface area is 172 Å². The second-order valence-electron chi connectivity index (χ2n) is 7.02. The molecule has 1 atom stereocenters. The Kier molecular flexibility index (Phi) is 6.76. The van der Waals surface area contributed by atoms with Crippen molar-refractivity contribution in [3.63, 3.8) is 0 Å². The predicted molar refractivity (Wildman–Crippen MR) is 115 cm³/mol. The van der Waals surface area contributed by atoms with Gasteiger partial charge in [-0.1, -0.05) is 36.4 Å². The van der Waals surface area contributed by atoms with Crippen LogP contribution in [0.15, 0.2) is 58.4 Å². The van der Waals surface area contributed by atoms with Crippen molar-refractivity contribution in [2.24, 2.45) is 4.99 Å². The number of ether oxygens (including phenoxy) is 1. The van der Waals surface area contributed by atoms with E-state index < -0.39 is 10.0 Å². The van der Waals surface area contributed by atoms with Gasteiger partial charge in [0.25, 0.3) is 0 Å². The van der Waals surface area contributed by atoms with Gasteiger partial charge in [0.1, 0.15) is 11.9 Å². The molecule has 0 aromatic heterocycles. The average Bonchev–Trinajstić information content (AvgIpc) is 3.13. The summed E-state index contributed by atoms with van der Waals surface area (Å²) in [6.07, 6.45) is 0.893. The van der Waals surface area contributed by atoms with Crippen LogP contribution in [-0.4, -0.2) is 52.0 Å². The van der Waals surface area contributed by atoms with Gasteiger partial charge in [0.05, 0.1) is 18.0 Å². The molecule has 0 saturated carbocycles. The van der Waals surface area contributed by atoms with Crippen molar-refractivity contribution >= 4 is 16.0 Å². The van der Waals surface area contributed by atoms with Crippen LogP contribution in [0.2, 0.25) is 0 Å². The predicted octanol–water partition coefficient (Wildman–Crippen LogP) is 2.00. The number of fused-ring (bicyclic) bond motifs is 1. The molecule has 0 radical (unpaired) electrons. The number of nitrogens with one attached hydrogen (secondary N) is 2. The van der Waals surface area contributed by atoms with E-state index in [2.05, 4.69) is 21.7 Å². The maximum absolute atomic E-state index is 12.6. The highest BCUT2D eigenvalue weighted by Gasteiger charge is 2.23. The molecule has 0 bridgehead atoms. The molecule has 29 heavy (non-hydrogen) atoms. The zero-order chi connectivity index (χ0) is 20.9.